The molecule has 0 bridgehead atoms. The molecule has 0 spiro atoms. The van der Waals surface area contributed by atoms with Crippen molar-refractivity contribution < 1.29 is 22.9 Å². The normalized spacial score (nSPS) is 11.6. The predicted molar refractivity (Wildman–Crippen MR) is 101 cm³/mol. The van der Waals surface area contributed by atoms with Crippen LogP contribution in [0.5, 0.6) is 0 Å². The van der Waals surface area contributed by atoms with Gasteiger partial charge < -0.3 is 5.11 Å². The van der Waals surface area contributed by atoms with Gasteiger partial charge in [-0.05, 0) is 42.9 Å². The maximum absolute atomic E-state index is 11.0. The molecule has 5 nitrogen and oxygen atoms in total. The molecule has 1 rings (SSSR count). The second-order valence-corrected chi connectivity index (χ2v) is 8.71. The van der Waals surface area contributed by atoms with Crippen LogP contribution in [0.2, 0.25) is 0 Å². The lowest BCUT2D eigenvalue weighted by atomic mass is 10.1. The van der Waals surface area contributed by atoms with Crippen LogP contribution in [0.4, 0.5) is 0 Å². The molecule has 25 heavy (non-hydrogen) atoms. The Morgan fingerprint density at radius 2 is 1.32 bits per heavy atom. The van der Waals surface area contributed by atoms with E-state index in [2.05, 4.69) is 0 Å². The summed E-state index contributed by atoms with van der Waals surface area (Å²) in [4.78, 5) is 11.3. The number of benzene rings is 1. The zero-order valence-corrected chi connectivity index (χ0v) is 16.2. The molecule has 7 heteroatoms. The number of unbranched alkanes of at least 4 members (excludes halogenated alkanes) is 8. The Hall–Kier alpha value is -1.05. The summed E-state index contributed by atoms with van der Waals surface area (Å²) in [5.41, 5.74) is 0. The van der Waals surface area contributed by atoms with E-state index in [9.17, 15) is 13.2 Å². The third-order valence-electron chi connectivity index (χ3n) is 3.93. The Balaban J connectivity index is 1.96. The van der Waals surface area contributed by atoms with Crippen molar-refractivity contribution in [3.05, 3.63) is 24.3 Å². The lowest BCUT2D eigenvalue weighted by Gasteiger charge is -2.04. The van der Waals surface area contributed by atoms with E-state index in [4.69, 9.17) is 9.66 Å². The number of carbonyl (C=O) groups is 1. The van der Waals surface area contributed by atoms with Crippen molar-refractivity contribution in [2.24, 2.45) is 0 Å². The molecule has 1 aromatic rings. The average Bonchev–Trinajstić information content (AvgIpc) is 2.55. The van der Waals surface area contributed by atoms with Crippen LogP contribution in [-0.2, 0) is 14.9 Å². The minimum atomic E-state index is -4.10. The van der Waals surface area contributed by atoms with E-state index in [0.717, 1.165) is 36.3 Å². The second-order valence-electron chi connectivity index (χ2n) is 6.12. The van der Waals surface area contributed by atoms with Gasteiger partial charge in [-0.3, -0.25) is 9.35 Å². The summed E-state index contributed by atoms with van der Waals surface area (Å²) in [5, 5.41) is 8.54. The number of rotatable bonds is 14. The van der Waals surface area contributed by atoms with Gasteiger partial charge in [0.2, 0.25) is 0 Å². The van der Waals surface area contributed by atoms with Gasteiger partial charge in [0.1, 0.15) is 0 Å². The number of carboxylic acid groups (broad SMARTS) is 1. The van der Waals surface area contributed by atoms with Crippen molar-refractivity contribution in [1.82, 2.24) is 0 Å². The molecule has 0 radical (unpaired) electrons. The number of aliphatic carboxylic acids is 1. The van der Waals surface area contributed by atoms with Crippen molar-refractivity contribution in [3.8, 4) is 0 Å². The van der Waals surface area contributed by atoms with Gasteiger partial charge in [-0.15, -0.1) is 11.8 Å². The van der Waals surface area contributed by atoms with Gasteiger partial charge >= 0.3 is 5.97 Å². The van der Waals surface area contributed by atoms with Crippen molar-refractivity contribution in [3.63, 3.8) is 0 Å². The van der Waals surface area contributed by atoms with Gasteiger partial charge in [0, 0.05) is 11.3 Å². The first kappa shape index (κ1) is 22.0. The Kier molecular flexibility index (Phi) is 10.8. The minimum absolute atomic E-state index is 0.0696. The summed E-state index contributed by atoms with van der Waals surface area (Å²) in [5.74, 6) is 0.299. The summed E-state index contributed by atoms with van der Waals surface area (Å²) in [6, 6.07) is 6.29. The molecule has 0 aliphatic rings. The first-order valence-electron chi connectivity index (χ1n) is 8.82. The Labute approximate surface area is 155 Å². The highest BCUT2D eigenvalue weighted by Gasteiger charge is 2.08. The monoisotopic (exact) mass is 388 g/mol. The molecule has 0 fully saturated rings. The molecule has 0 aliphatic heterocycles. The predicted octanol–water partition coefficient (Wildman–Crippen LogP) is 5.01. The standard InChI is InChI=1S/C18H28O5S2/c19-18(20)10-8-6-4-2-1-3-5-7-9-15-24-16-11-13-17(14-12-16)25(21,22)23/h11-14H,1-10,15H2,(H,19,20)(H,21,22,23). The maximum Gasteiger partial charge on any atom is 0.303 e. The molecule has 0 heterocycles. The number of hydrogen-bond acceptors (Lipinski definition) is 4. The summed E-state index contributed by atoms with van der Waals surface area (Å²) in [6.45, 7) is 0. The fraction of sp³-hybridized carbons (Fsp3) is 0.611. The zero-order valence-electron chi connectivity index (χ0n) is 14.5. The molecule has 0 unspecified atom stereocenters. The van der Waals surface area contributed by atoms with Crippen LogP contribution in [0.15, 0.2) is 34.1 Å². The van der Waals surface area contributed by atoms with E-state index < -0.39 is 16.1 Å². The number of carboxylic acids is 1. The van der Waals surface area contributed by atoms with E-state index in [1.165, 1.54) is 44.2 Å². The second kappa shape index (κ2) is 12.3. The first-order valence-corrected chi connectivity index (χ1v) is 11.2. The van der Waals surface area contributed by atoms with Crippen molar-refractivity contribution in [2.45, 2.75) is 74.0 Å². The van der Waals surface area contributed by atoms with Crippen LogP contribution in [0.3, 0.4) is 0 Å². The van der Waals surface area contributed by atoms with Crippen LogP contribution in [-0.4, -0.2) is 29.8 Å². The lowest BCUT2D eigenvalue weighted by Crippen LogP contribution is -1.97. The molecular weight excluding hydrogens is 360 g/mol. The van der Waals surface area contributed by atoms with Gasteiger partial charge in [0.25, 0.3) is 10.1 Å². The highest BCUT2D eigenvalue weighted by molar-refractivity contribution is 7.99. The topological polar surface area (TPSA) is 91.7 Å². The van der Waals surface area contributed by atoms with Crippen LogP contribution >= 0.6 is 11.8 Å². The quantitative estimate of drug-likeness (QED) is 0.264. The number of thioether (sulfide) groups is 1. The van der Waals surface area contributed by atoms with Gasteiger partial charge in [0.05, 0.1) is 4.90 Å². The summed E-state index contributed by atoms with van der Waals surface area (Å²) in [6.07, 6.45) is 10.4. The number of hydrogen-bond donors (Lipinski definition) is 2. The van der Waals surface area contributed by atoms with E-state index >= 15 is 0 Å². The molecule has 0 atom stereocenters. The largest absolute Gasteiger partial charge is 0.481 e. The highest BCUT2D eigenvalue weighted by atomic mass is 32.2. The van der Waals surface area contributed by atoms with E-state index in [1.54, 1.807) is 23.9 Å². The molecule has 0 aliphatic carbocycles. The molecule has 0 amide bonds. The molecule has 0 saturated heterocycles. The molecule has 1 aromatic carbocycles. The van der Waals surface area contributed by atoms with Crippen molar-refractivity contribution >= 4 is 27.8 Å². The van der Waals surface area contributed by atoms with E-state index in [1.807, 2.05) is 0 Å². The van der Waals surface area contributed by atoms with Crippen LogP contribution in [0, 0.1) is 0 Å². The molecule has 0 aromatic heterocycles. The zero-order chi connectivity index (χ0) is 18.5. The summed E-state index contributed by atoms with van der Waals surface area (Å²) >= 11 is 1.70. The fourth-order valence-corrected chi connectivity index (χ4v) is 3.91. The van der Waals surface area contributed by atoms with Crippen molar-refractivity contribution in [2.75, 3.05) is 5.75 Å². The third kappa shape index (κ3) is 11.2. The molecular formula is C18H28O5S2. The van der Waals surface area contributed by atoms with Gasteiger partial charge in [-0.2, -0.15) is 8.42 Å². The van der Waals surface area contributed by atoms with Crippen molar-refractivity contribution in [1.29, 1.82) is 0 Å². The smallest absolute Gasteiger partial charge is 0.303 e. The summed E-state index contributed by atoms with van der Waals surface area (Å²) in [7, 11) is -4.10. The SMILES string of the molecule is O=C(O)CCCCCCCCCCCSc1ccc(S(=O)(=O)O)cc1. The Morgan fingerprint density at radius 1 is 0.840 bits per heavy atom. The Morgan fingerprint density at radius 3 is 1.80 bits per heavy atom. The summed E-state index contributed by atoms with van der Waals surface area (Å²) < 4.78 is 30.8. The van der Waals surface area contributed by atoms with Gasteiger partial charge in [-0.1, -0.05) is 44.9 Å². The highest BCUT2D eigenvalue weighted by Crippen LogP contribution is 2.22. The lowest BCUT2D eigenvalue weighted by molar-refractivity contribution is -0.137. The maximum atomic E-state index is 11.0. The van der Waals surface area contributed by atoms with E-state index in [0.29, 0.717) is 0 Å². The minimum Gasteiger partial charge on any atom is -0.481 e. The van der Waals surface area contributed by atoms with Crippen LogP contribution in [0.25, 0.3) is 0 Å². The van der Waals surface area contributed by atoms with Crippen LogP contribution in [0.1, 0.15) is 64.2 Å². The molecule has 2 N–H and O–H groups in total. The molecule has 142 valence electrons. The van der Waals surface area contributed by atoms with Gasteiger partial charge in [0.15, 0.2) is 0 Å². The Bertz CT molecular complexity index is 596. The third-order valence-corrected chi connectivity index (χ3v) is 5.89. The first-order chi connectivity index (χ1) is 11.9. The van der Waals surface area contributed by atoms with E-state index in [-0.39, 0.29) is 11.3 Å². The fourth-order valence-electron chi connectivity index (χ4n) is 2.51. The average molecular weight is 389 g/mol. The molecule has 0 saturated carbocycles. The van der Waals surface area contributed by atoms with Crippen LogP contribution < -0.4 is 0 Å². The van der Waals surface area contributed by atoms with Gasteiger partial charge in [-0.25, -0.2) is 0 Å².